The predicted octanol–water partition coefficient (Wildman–Crippen LogP) is 3.94. The fraction of sp³-hybridized carbons (Fsp3) is 0.455. The molecular weight excluding hydrogens is 324 g/mol. The number of halogens is 2. The number of hydrogen-bond donors (Lipinski definition) is 0. The van der Waals surface area contributed by atoms with Gasteiger partial charge in [-0.2, -0.15) is 0 Å². The van der Waals surface area contributed by atoms with E-state index in [2.05, 4.69) is 38.8 Å². The standard InChI is InChI=1S/C11H14Br2O2/c1-8(6-15-7-14-2)11-9(12)4-3-5-10(11)13/h3-5,8H,6-7H2,1-2H3. The summed E-state index contributed by atoms with van der Waals surface area (Å²) >= 11 is 7.08. The van der Waals surface area contributed by atoms with Crippen molar-refractivity contribution in [1.29, 1.82) is 0 Å². The summed E-state index contributed by atoms with van der Waals surface area (Å²) in [5, 5.41) is 0. The van der Waals surface area contributed by atoms with Crippen LogP contribution in [0.25, 0.3) is 0 Å². The SMILES string of the molecule is COCOCC(C)c1c(Br)cccc1Br. The van der Waals surface area contributed by atoms with E-state index in [0.29, 0.717) is 19.3 Å². The summed E-state index contributed by atoms with van der Waals surface area (Å²) in [5.41, 5.74) is 1.23. The first-order valence-electron chi connectivity index (χ1n) is 4.67. The summed E-state index contributed by atoms with van der Waals surface area (Å²) in [4.78, 5) is 0. The molecule has 0 saturated heterocycles. The molecule has 0 heterocycles. The molecule has 0 aliphatic rings. The van der Waals surface area contributed by atoms with E-state index in [1.807, 2.05) is 18.2 Å². The first-order valence-corrected chi connectivity index (χ1v) is 6.26. The Kier molecular flexibility index (Phi) is 5.82. The molecule has 15 heavy (non-hydrogen) atoms. The molecule has 0 saturated carbocycles. The second-order valence-corrected chi connectivity index (χ2v) is 5.02. The van der Waals surface area contributed by atoms with Crippen LogP contribution in [-0.4, -0.2) is 20.5 Å². The van der Waals surface area contributed by atoms with Gasteiger partial charge in [0.1, 0.15) is 6.79 Å². The van der Waals surface area contributed by atoms with E-state index < -0.39 is 0 Å². The van der Waals surface area contributed by atoms with Gasteiger partial charge >= 0.3 is 0 Å². The molecule has 0 aliphatic heterocycles. The van der Waals surface area contributed by atoms with Crippen molar-refractivity contribution in [2.75, 3.05) is 20.5 Å². The second kappa shape index (κ2) is 6.63. The first-order chi connectivity index (χ1) is 7.16. The zero-order valence-electron chi connectivity index (χ0n) is 8.80. The normalized spacial score (nSPS) is 12.8. The molecule has 0 aliphatic carbocycles. The molecule has 0 N–H and O–H groups in total. The smallest absolute Gasteiger partial charge is 0.146 e. The van der Waals surface area contributed by atoms with Crippen molar-refractivity contribution in [3.8, 4) is 0 Å². The van der Waals surface area contributed by atoms with Crippen LogP contribution < -0.4 is 0 Å². The van der Waals surface area contributed by atoms with Gasteiger partial charge in [0.05, 0.1) is 6.61 Å². The van der Waals surface area contributed by atoms with Crippen LogP contribution in [0, 0.1) is 0 Å². The van der Waals surface area contributed by atoms with Gasteiger partial charge in [-0.15, -0.1) is 0 Å². The van der Waals surface area contributed by atoms with Gasteiger partial charge in [-0.1, -0.05) is 44.8 Å². The average molecular weight is 338 g/mol. The van der Waals surface area contributed by atoms with Gasteiger partial charge in [-0.25, -0.2) is 0 Å². The fourth-order valence-electron chi connectivity index (χ4n) is 1.37. The molecule has 0 bridgehead atoms. The minimum Gasteiger partial charge on any atom is -0.359 e. The van der Waals surface area contributed by atoms with E-state index in [-0.39, 0.29) is 0 Å². The van der Waals surface area contributed by atoms with E-state index in [0.717, 1.165) is 8.95 Å². The minimum atomic E-state index is 0.324. The van der Waals surface area contributed by atoms with E-state index in [1.165, 1.54) is 5.56 Å². The lowest BCUT2D eigenvalue weighted by molar-refractivity contribution is -0.0344. The van der Waals surface area contributed by atoms with E-state index >= 15 is 0 Å². The molecule has 84 valence electrons. The van der Waals surface area contributed by atoms with Crippen LogP contribution in [0.15, 0.2) is 27.1 Å². The lowest BCUT2D eigenvalue weighted by Gasteiger charge is -2.15. The van der Waals surface area contributed by atoms with Crippen LogP contribution in [0.3, 0.4) is 0 Å². The Morgan fingerprint density at radius 2 is 1.87 bits per heavy atom. The predicted molar refractivity (Wildman–Crippen MR) is 68.1 cm³/mol. The molecular formula is C11H14Br2O2. The number of rotatable bonds is 5. The molecule has 2 nitrogen and oxygen atoms in total. The van der Waals surface area contributed by atoms with E-state index in [9.17, 15) is 0 Å². The van der Waals surface area contributed by atoms with Gasteiger partial charge in [0.2, 0.25) is 0 Å². The summed E-state index contributed by atoms with van der Waals surface area (Å²) < 4.78 is 12.4. The Hall–Kier alpha value is 0.1000. The van der Waals surface area contributed by atoms with Crippen LogP contribution in [-0.2, 0) is 9.47 Å². The molecule has 1 aromatic carbocycles. The van der Waals surface area contributed by atoms with E-state index in [4.69, 9.17) is 9.47 Å². The van der Waals surface area contributed by atoms with Crippen LogP contribution in [0.2, 0.25) is 0 Å². The number of methoxy groups -OCH3 is 1. The Morgan fingerprint density at radius 3 is 2.40 bits per heavy atom. The highest BCUT2D eigenvalue weighted by molar-refractivity contribution is 9.11. The summed E-state index contributed by atoms with van der Waals surface area (Å²) in [5.74, 6) is 0.324. The second-order valence-electron chi connectivity index (χ2n) is 3.31. The topological polar surface area (TPSA) is 18.5 Å². The Labute approximate surface area is 107 Å². The number of hydrogen-bond acceptors (Lipinski definition) is 2. The maximum Gasteiger partial charge on any atom is 0.146 e. The van der Waals surface area contributed by atoms with Crippen molar-refractivity contribution in [1.82, 2.24) is 0 Å². The maximum atomic E-state index is 5.35. The van der Waals surface area contributed by atoms with Gasteiger partial charge in [-0.05, 0) is 17.7 Å². The van der Waals surface area contributed by atoms with Crippen LogP contribution >= 0.6 is 31.9 Å². The van der Waals surface area contributed by atoms with Crippen molar-refractivity contribution in [2.45, 2.75) is 12.8 Å². The van der Waals surface area contributed by atoms with Crippen molar-refractivity contribution in [3.05, 3.63) is 32.7 Å². The van der Waals surface area contributed by atoms with Gasteiger partial charge in [-0.3, -0.25) is 0 Å². The maximum absolute atomic E-state index is 5.35. The molecule has 0 amide bonds. The van der Waals surface area contributed by atoms with Crippen molar-refractivity contribution >= 4 is 31.9 Å². The third kappa shape index (κ3) is 3.87. The van der Waals surface area contributed by atoms with Crippen molar-refractivity contribution < 1.29 is 9.47 Å². The zero-order valence-corrected chi connectivity index (χ0v) is 12.0. The molecule has 1 rings (SSSR count). The highest BCUT2D eigenvalue weighted by Gasteiger charge is 2.12. The monoisotopic (exact) mass is 336 g/mol. The summed E-state index contributed by atoms with van der Waals surface area (Å²) in [6, 6.07) is 6.07. The van der Waals surface area contributed by atoms with Gasteiger partial charge in [0.15, 0.2) is 0 Å². The molecule has 0 aromatic heterocycles. The fourth-order valence-corrected chi connectivity index (χ4v) is 3.15. The highest BCUT2D eigenvalue weighted by Crippen LogP contribution is 2.31. The quantitative estimate of drug-likeness (QED) is 0.598. The minimum absolute atomic E-state index is 0.324. The molecule has 1 aromatic rings. The van der Waals surface area contributed by atoms with Crippen molar-refractivity contribution in [2.24, 2.45) is 0 Å². The van der Waals surface area contributed by atoms with Crippen molar-refractivity contribution in [3.63, 3.8) is 0 Å². The lowest BCUT2D eigenvalue weighted by atomic mass is 10.0. The van der Waals surface area contributed by atoms with E-state index in [1.54, 1.807) is 7.11 Å². The van der Waals surface area contributed by atoms with Crippen LogP contribution in [0.5, 0.6) is 0 Å². The third-order valence-corrected chi connectivity index (χ3v) is 3.44. The summed E-state index contributed by atoms with van der Waals surface area (Å²) in [6.07, 6.45) is 0. The molecule has 4 heteroatoms. The third-order valence-electron chi connectivity index (χ3n) is 2.06. The van der Waals surface area contributed by atoms with Crippen LogP contribution in [0.4, 0.5) is 0 Å². The number of benzene rings is 1. The molecule has 0 fully saturated rings. The van der Waals surface area contributed by atoms with Gasteiger partial charge < -0.3 is 9.47 Å². The first kappa shape index (κ1) is 13.2. The zero-order chi connectivity index (χ0) is 11.3. The van der Waals surface area contributed by atoms with Gasteiger partial charge in [0.25, 0.3) is 0 Å². The summed E-state index contributed by atoms with van der Waals surface area (Å²) in [7, 11) is 1.62. The Bertz CT molecular complexity index is 295. The summed E-state index contributed by atoms with van der Waals surface area (Å²) in [6.45, 7) is 3.11. The Morgan fingerprint density at radius 1 is 1.27 bits per heavy atom. The molecule has 1 unspecified atom stereocenters. The largest absolute Gasteiger partial charge is 0.359 e. The molecule has 0 spiro atoms. The Balaban J connectivity index is 2.68. The average Bonchev–Trinajstić information content (AvgIpc) is 2.18. The lowest BCUT2D eigenvalue weighted by Crippen LogP contribution is -2.07. The molecule has 0 radical (unpaired) electrons. The number of ether oxygens (including phenoxy) is 2. The van der Waals surface area contributed by atoms with Crippen LogP contribution in [0.1, 0.15) is 18.4 Å². The highest BCUT2D eigenvalue weighted by atomic mass is 79.9. The molecule has 1 atom stereocenters. The van der Waals surface area contributed by atoms with Gasteiger partial charge in [0, 0.05) is 22.0 Å².